The summed E-state index contributed by atoms with van der Waals surface area (Å²) < 4.78 is 22.5. The lowest BCUT2D eigenvalue weighted by Gasteiger charge is -2.12. The zero-order valence-corrected chi connectivity index (χ0v) is 24.8. The maximum absolute atomic E-state index is 12.3. The summed E-state index contributed by atoms with van der Waals surface area (Å²) in [6.07, 6.45) is 3.97. The number of amides is 1. The highest BCUT2D eigenvalue weighted by Crippen LogP contribution is 2.29. The molecule has 9 nitrogen and oxygen atoms in total. The van der Waals surface area contributed by atoms with Gasteiger partial charge in [0.25, 0.3) is 11.1 Å². The van der Waals surface area contributed by atoms with Crippen LogP contribution in [0.5, 0.6) is 17.2 Å². The van der Waals surface area contributed by atoms with Crippen molar-refractivity contribution in [3.8, 4) is 17.2 Å². The molecular formula is C33H32N4O5S. The van der Waals surface area contributed by atoms with Crippen LogP contribution in [0.4, 0.5) is 0 Å². The molecule has 10 heteroatoms. The first-order chi connectivity index (χ1) is 21.1. The molecule has 5 aromatic rings. The standard InChI is InChI=1S/C33H32N4O5S/c1-39-27-16-13-23(14-17-27)7-5-12-32-36-37-33(42-32)43-22-31(38)35-34-20-24-15-18-29(30(19-24)40-2)41-21-26-10-6-9-25-8-3-4-11-28(25)26/h3-4,6,8-11,13-20H,5,7,12,21-22H2,1-2H3,(H,35,38)/b34-20+. The van der Waals surface area contributed by atoms with E-state index in [1.54, 1.807) is 26.5 Å². The van der Waals surface area contributed by atoms with Gasteiger partial charge in [0.2, 0.25) is 5.89 Å². The number of carbonyl (C=O) groups excluding carboxylic acids is 1. The van der Waals surface area contributed by atoms with Gasteiger partial charge < -0.3 is 18.6 Å². The van der Waals surface area contributed by atoms with E-state index in [4.69, 9.17) is 18.6 Å². The van der Waals surface area contributed by atoms with Crippen molar-refractivity contribution >= 4 is 34.7 Å². The quantitative estimate of drug-likeness (QED) is 0.0912. The van der Waals surface area contributed by atoms with Gasteiger partial charge in [0, 0.05) is 6.42 Å². The summed E-state index contributed by atoms with van der Waals surface area (Å²) in [5, 5.41) is 14.8. The fraction of sp³-hybridized carbons (Fsp3) is 0.212. The summed E-state index contributed by atoms with van der Waals surface area (Å²) >= 11 is 1.17. The van der Waals surface area contributed by atoms with Crippen molar-refractivity contribution in [2.45, 2.75) is 31.1 Å². The Morgan fingerprint density at radius 3 is 2.60 bits per heavy atom. The molecule has 1 N–H and O–H groups in total. The van der Waals surface area contributed by atoms with Crippen LogP contribution < -0.4 is 19.6 Å². The summed E-state index contributed by atoms with van der Waals surface area (Å²) in [4.78, 5) is 12.3. The lowest BCUT2D eigenvalue weighted by atomic mass is 10.1. The second-order valence-electron chi connectivity index (χ2n) is 9.58. The number of hydrazone groups is 1. The van der Waals surface area contributed by atoms with E-state index in [0.29, 0.717) is 35.6 Å². The van der Waals surface area contributed by atoms with E-state index in [1.807, 2.05) is 54.6 Å². The summed E-state index contributed by atoms with van der Waals surface area (Å²) in [5.74, 6) is 2.38. The molecule has 0 radical (unpaired) electrons. The van der Waals surface area contributed by atoms with Gasteiger partial charge in [-0.2, -0.15) is 5.10 Å². The van der Waals surface area contributed by atoms with Crippen LogP contribution in [0.15, 0.2) is 99.7 Å². The van der Waals surface area contributed by atoms with E-state index in [2.05, 4.69) is 45.0 Å². The number of fused-ring (bicyclic) bond motifs is 1. The molecule has 0 atom stereocenters. The van der Waals surface area contributed by atoms with Crippen LogP contribution in [0.2, 0.25) is 0 Å². The number of hydrogen-bond acceptors (Lipinski definition) is 9. The second-order valence-corrected chi connectivity index (χ2v) is 10.5. The Morgan fingerprint density at radius 1 is 0.930 bits per heavy atom. The Hall–Kier alpha value is -4.83. The zero-order valence-electron chi connectivity index (χ0n) is 24.0. The van der Waals surface area contributed by atoms with Crippen LogP contribution in [0.1, 0.15) is 29.0 Å². The van der Waals surface area contributed by atoms with E-state index in [0.717, 1.165) is 35.1 Å². The summed E-state index contributed by atoms with van der Waals surface area (Å²) in [7, 11) is 3.24. The summed E-state index contributed by atoms with van der Waals surface area (Å²) in [5.41, 5.74) is 5.58. The SMILES string of the molecule is COc1ccc(CCCc2nnc(SCC(=O)N/N=C/c3ccc(OCc4cccc5ccccc45)c(OC)c3)o2)cc1. The summed E-state index contributed by atoms with van der Waals surface area (Å²) in [6.45, 7) is 0.407. The first-order valence-corrected chi connectivity index (χ1v) is 14.8. The molecule has 1 amide bonds. The third-order valence-corrected chi connectivity index (χ3v) is 7.46. The number of aryl methyl sites for hydroxylation is 2. The van der Waals surface area contributed by atoms with Gasteiger partial charge in [-0.1, -0.05) is 66.4 Å². The van der Waals surface area contributed by atoms with Gasteiger partial charge in [0.1, 0.15) is 12.4 Å². The first-order valence-electron chi connectivity index (χ1n) is 13.8. The highest BCUT2D eigenvalue weighted by Gasteiger charge is 2.11. The predicted octanol–water partition coefficient (Wildman–Crippen LogP) is 6.24. The Bertz CT molecular complexity index is 1680. The average Bonchev–Trinajstić information content (AvgIpc) is 3.51. The number of carbonyl (C=O) groups is 1. The van der Waals surface area contributed by atoms with E-state index in [9.17, 15) is 4.79 Å². The second kappa shape index (κ2) is 14.9. The van der Waals surface area contributed by atoms with Gasteiger partial charge in [0.05, 0.1) is 26.2 Å². The number of aromatic nitrogens is 2. The van der Waals surface area contributed by atoms with Gasteiger partial charge in [-0.3, -0.25) is 4.79 Å². The number of ether oxygens (including phenoxy) is 3. The van der Waals surface area contributed by atoms with Crippen LogP contribution >= 0.6 is 11.8 Å². The van der Waals surface area contributed by atoms with Gasteiger partial charge >= 0.3 is 0 Å². The van der Waals surface area contributed by atoms with E-state index >= 15 is 0 Å². The van der Waals surface area contributed by atoms with Gasteiger partial charge in [-0.15, -0.1) is 10.2 Å². The molecule has 1 heterocycles. The molecule has 0 saturated heterocycles. The highest BCUT2D eigenvalue weighted by molar-refractivity contribution is 7.99. The maximum atomic E-state index is 12.3. The molecule has 0 aliphatic rings. The van der Waals surface area contributed by atoms with Crippen molar-refractivity contribution in [2.75, 3.05) is 20.0 Å². The third-order valence-electron chi connectivity index (χ3n) is 6.64. The maximum Gasteiger partial charge on any atom is 0.277 e. The van der Waals surface area contributed by atoms with Crippen LogP contribution in [-0.2, 0) is 24.2 Å². The minimum absolute atomic E-state index is 0.0923. The van der Waals surface area contributed by atoms with E-state index in [1.165, 1.54) is 22.7 Å². The van der Waals surface area contributed by atoms with Crippen LogP contribution in [0, 0.1) is 0 Å². The Balaban J connectivity index is 1.05. The van der Waals surface area contributed by atoms with Gasteiger partial charge in [-0.05, 0) is 70.6 Å². The number of rotatable bonds is 14. The number of thioether (sulfide) groups is 1. The van der Waals surface area contributed by atoms with E-state index in [-0.39, 0.29) is 11.7 Å². The van der Waals surface area contributed by atoms with E-state index < -0.39 is 0 Å². The molecule has 43 heavy (non-hydrogen) atoms. The molecule has 0 saturated carbocycles. The smallest absolute Gasteiger partial charge is 0.277 e. The first kappa shape index (κ1) is 29.7. The number of hydrogen-bond donors (Lipinski definition) is 1. The molecule has 0 spiro atoms. The lowest BCUT2D eigenvalue weighted by molar-refractivity contribution is -0.118. The van der Waals surface area contributed by atoms with Gasteiger partial charge in [-0.25, -0.2) is 5.43 Å². The molecule has 0 aliphatic heterocycles. The van der Waals surface area contributed by atoms with Crippen LogP contribution in [0.3, 0.4) is 0 Å². The number of nitrogens with one attached hydrogen (secondary N) is 1. The minimum Gasteiger partial charge on any atom is -0.497 e. The minimum atomic E-state index is -0.289. The molecule has 0 fully saturated rings. The predicted molar refractivity (Wildman–Crippen MR) is 167 cm³/mol. The van der Waals surface area contributed by atoms with Crippen molar-refractivity contribution in [1.29, 1.82) is 0 Å². The molecular weight excluding hydrogens is 564 g/mol. The largest absolute Gasteiger partial charge is 0.497 e. The zero-order chi connectivity index (χ0) is 29.9. The van der Waals surface area contributed by atoms with Crippen LogP contribution in [0.25, 0.3) is 10.8 Å². The Morgan fingerprint density at radius 2 is 1.77 bits per heavy atom. The molecule has 220 valence electrons. The molecule has 5 rings (SSSR count). The monoisotopic (exact) mass is 596 g/mol. The Labute approximate surface area is 254 Å². The molecule has 0 bridgehead atoms. The normalized spacial score (nSPS) is 11.1. The van der Waals surface area contributed by atoms with Crippen molar-refractivity contribution in [3.05, 3.63) is 108 Å². The van der Waals surface area contributed by atoms with Crippen molar-refractivity contribution < 1.29 is 23.4 Å². The van der Waals surface area contributed by atoms with Crippen molar-refractivity contribution in [3.63, 3.8) is 0 Å². The molecule has 4 aromatic carbocycles. The third kappa shape index (κ3) is 8.36. The fourth-order valence-electron chi connectivity index (χ4n) is 4.43. The Kier molecular flexibility index (Phi) is 10.3. The topological polar surface area (TPSA) is 108 Å². The van der Waals surface area contributed by atoms with Crippen molar-refractivity contribution in [1.82, 2.24) is 15.6 Å². The van der Waals surface area contributed by atoms with Crippen molar-refractivity contribution in [2.24, 2.45) is 5.10 Å². The molecule has 0 unspecified atom stereocenters. The average molecular weight is 597 g/mol. The molecule has 1 aromatic heterocycles. The molecule has 0 aliphatic carbocycles. The highest BCUT2D eigenvalue weighted by atomic mass is 32.2. The number of benzene rings is 4. The summed E-state index contributed by atoms with van der Waals surface area (Å²) in [6, 6.07) is 27.8. The van der Waals surface area contributed by atoms with Gasteiger partial charge in [0.15, 0.2) is 11.5 Å². The lowest BCUT2D eigenvalue weighted by Crippen LogP contribution is -2.19. The fourth-order valence-corrected chi connectivity index (χ4v) is 5.00. The number of nitrogens with zero attached hydrogens (tertiary/aromatic N) is 3. The van der Waals surface area contributed by atoms with Crippen LogP contribution in [-0.4, -0.2) is 42.3 Å². The number of methoxy groups -OCH3 is 2.